The van der Waals surface area contributed by atoms with Crippen LogP contribution in [0.25, 0.3) is 10.9 Å². The van der Waals surface area contributed by atoms with Crippen LogP contribution in [-0.4, -0.2) is 79.5 Å². The van der Waals surface area contributed by atoms with E-state index in [9.17, 15) is 18.4 Å². The van der Waals surface area contributed by atoms with Gasteiger partial charge in [-0.1, -0.05) is 11.8 Å². The number of piperazine rings is 1. The molecule has 3 aromatic rings. The number of hydrogen-bond acceptors (Lipinski definition) is 8. The Hall–Kier alpha value is -3.86. The highest BCUT2D eigenvalue weighted by molar-refractivity contribution is 7.76. The molecule has 4 rings (SSSR count). The number of nitrogens with one attached hydrogen (secondary N) is 1. The maximum atomic E-state index is 12.5. The molecule has 0 saturated carbocycles. The van der Waals surface area contributed by atoms with Gasteiger partial charge in [0.15, 0.2) is 0 Å². The summed E-state index contributed by atoms with van der Waals surface area (Å²) in [4.78, 5) is 34.9. The first-order valence-electron chi connectivity index (χ1n) is 12.6. The Kier molecular flexibility index (Phi) is 9.46. The molecular weight excluding hydrogens is 534 g/mol. The number of benzene rings is 2. The molecule has 1 aromatic heterocycles. The lowest BCUT2D eigenvalue weighted by atomic mass is 10.0. The minimum atomic E-state index is -2.56. The van der Waals surface area contributed by atoms with Crippen molar-refractivity contribution in [2.75, 3.05) is 38.2 Å². The predicted molar refractivity (Wildman–Crippen MR) is 150 cm³/mol. The number of aliphatic carboxylic acids is 1. The van der Waals surface area contributed by atoms with Crippen molar-refractivity contribution >= 4 is 39.7 Å². The summed E-state index contributed by atoms with van der Waals surface area (Å²) in [5, 5.41) is 11.4. The van der Waals surface area contributed by atoms with Gasteiger partial charge in [-0.15, -0.1) is 0 Å². The van der Waals surface area contributed by atoms with Crippen molar-refractivity contribution in [3.63, 3.8) is 0 Å². The lowest BCUT2D eigenvalue weighted by molar-refractivity contribution is -0.139. The van der Waals surface area contributed by atoms with Gasteiger partial charge in [0, 0.05) is 71.4 Å². The smallest absolute Gasteiger partial charge is 0.305 e. The van der Waals surface area contributed by atoms with Crippen LogP contribution in [0.1, 0.15) is 40.5 Å². The number of rotatable bonds is 8. The standard InChI is InChI=1S/C28H31N5O6S/c1-19-16-25(28(36)30-39-3)24-18-22(8-11-26(24)29-19)5-4-21-6-9-23(10-7-21)31-12-14-32(15-13-31)33(40(37)38)20(2)17-27(34)35/h6-11,16,18,20H,12-15,17H2,1-3H3,(H,30,36)(H,34,35)(H,37,38)/p-1. The maximum absolute atomic E-state index is 12.5. The number of carbonyl (C=O) groups is 2. The zero-order chi connectivity index (χ0) is 28.8. The van der Waals surface area contributed by atoms with Crippen LogP contribution >= 0.6 is 0 Å². The summed E-state index contributed by atoms with van der Waals surface area (Å²) >= 11 is -2.56. The number of pyridine rings is 1. The zero-order valence-corrected chi connectivity index (χ0v) is 23.2. The van der Waals surface area contributed by atoms with Crippen LogP contribution in [0.2, 0.25) is 0 Å². The van der Waals surface area contributed by atoms with Gasteiger partial charge >= 0.3 is 5.97 Å². The number of amides is 1. The van der Waals surface area contributed by atoms with Crippen LogP contribution in [-0.2, 0) is 20.9 Å². The van der Waals surface area contributed by atoms with Gasteiger partial charge < -0.3 is 14.6 Å². The highest BCUT2D eigenvalue weighted by atomic mass is 32.2. The van der Waals surface area contributed by atoms with Crippen molar-refractivity contribution in [2.45, 2.75) is 26.3 Å². The van der Waals surface area contributed by atoms with E-state index in [1.54, 1.807) is 18.0 Å². The number of carboxylic acid groups (broad SMARTS) is 1. The molecule has 1 fully saturated rings. The fraction of sp³-hybridized carbons (Fsp3) is 0.321. The van der Waals surface area contributed by atoms with Crippen LogP contribution in [0.4, 0.5) is 5.69 Å². The van der Waals surface area contributed by atoms with Crippen molar-refractivity contribution in [2.24, 2.45) is 0 Å². The Morgan fingerprint density at radius 3 is 2.40 bits per heavy atom. The minimum absolute atomic E-state index is 0.267. The van der Waals surface area contributed by atoms with Crippen LogP contribution in [0, 0.1) is 18.8 Å². The van der Waals surface area contributed by atoms with Crippen LogP contribution in [0.3, 0.4) is 0 Å². The largest absolute Gasteiger partial charge is 0.759 e. The van der Waals surface area contributed by atoms with Crippen LogP contribution in [0.15, 0.2) is 48.5 Å². The number of aryl methyl sites for hydroxylation is 1. The molecule has 1 aliphatic rings. The normalized spacial score (nSPS) is 15.4. The van der Waals surface area contributed by atoms with Gasteiger partial charge in [-0.3, -0.25) is 23.6 Å². The maximum Gasteiger partial charge on any atom is 0.305 e. The SMILES string of the molecule is CONC(=O)c1cc(C)nc2ccc(C#Cc3ccc(N4CCN(N(C(C)CC(=O)O)S(=O)[O-])CC4)cc3)cc12. The van der Waals surface area contributed by atoms with Gasteiger partial charge in [-0.25, -0.2) is 10.5 Å². The highest BCUT2D eigenvalue weighted by Crippen LogP contribution is 2.22. The number of aromatic nitrogens is 1. The van der Waals surface area contributed by atoms with Crippen molar-refractivity contribution in [1.82, 2.24) is 19.9 Å². The lowest BCUT2D eigenvalue weighted by Crippen LogP contribution is -2.57. The number of anilines is 1. The predicted octanol–water partition coefficient (Wildman–Crippen LogP) is 2.23. The Morgan fingerprint density at radius 2 is 1.77 bits per heavy atom. The number of nitrogens with zero attached hydrogens (tertiary/aromatic N) is 4. The first-order chi connectivity index (χ1) is 19.2. The molecule has 1 aliphatic heterocycles. The number of hydrazine groups is 1. The van der Waals surface area contributed by atoms with Crippen molar-refractivity contribution in [3.05, 3.63) is 70.9 Å². The minimum Gasteiger partial charge on any atom is -0.759 e. The average Bonchev–Trinajstić information content (AvgIpc) is 2.92. The molecule has 2 N–H and O–H groups in total. The summed E-state index contributed by atoms with van der Waals surface area (Å²) in [5.41, 5.74) is 6.77. The molecule has 0 aliphatic carbocycles. The Balaban J connectivity index is 1.44. The Labute approximate surface area is 235 Å². The number of hydroxylamine groups is 1. The molecule has 0 spiro atoms. The zero-order valence-electron chi connectivity index (χ0n) is 22.4. The third kappa shape index (κ3) is 7.01. The van der Waals surface area contributed by atoms with Crippen molar-refractivity contribution in [1.29, 1.82) is 0 Å². The quantitative estimate of drug-likeness (QED) is 0.240. The van der Waals surface area contributed by atoms with Gasteiger partial charge in [0.1, 0.15) is 0 Å². The number of fused-ring (bicyclic) bond motifs is 1. The molecule has 12 heteroatoms. The molecule has 0 bridgehead atoms. The molecule has 2 unspecified atom stereocenters. The summed E-state index contributed by atoms with van der Waals surface area (Å²) in [5.74, 6) is 4.91. The molecule has 0 radical (unpaired) electrons. The second-order valence-electron chi connectivity index (χ2n) is 9.38. The molecule has 2 heterocycles. The third-order valence-electron chi connectivity index (χ3n) is 6.49. The Morgan fingerprint density at radius 1 is 1.12 bits per heavy atom. The number of carbonyl (C=O) groups excluding carboxylic acids is 1. The molecule has 11 nitrogen and oxygen atoms in total. The fourth-order valence-electron chi connectivity index (χ4n) is 4.67. The van der Waals surface area contributed by atoms with E-state index in [-0.39, 0.29) is 12.3 Å². The fourth-order valence-corrected chi connectivity index (χ4v) is 5.39. The molecule has 1 saturated heterocycles. The van der Waals surface area contributed by atoms with E-state index in [0.717, 1.165) is 26.9 Å². The van der Waals surface area contributed by atoms with E-state index in [2.05, 4.69) is 27.2 Å². The summed E-state index contributed by atoms with van der Waals surface area (Å²) in [6.45, 7) is 5.47. The van der Waals surface area contributed by atoms with E-state index in [1.807, 2.05) is 49.4 Å². The third-order valence-corrected chi connectivity index (χ3v) is 7.39. The first kappa shape index (κ1) is 29.1. The molecular formula is C28H30N5O6S-. The molecule has 210 valence electrons. The van der Waals surface area contributed by atoms with E-state index in [4.69, 9.17) is 9.94 Å². The summed E-state index contributed by atoms with van der Waals surface area (Å²) in [6, 6.07) is 14.4. The van der Waals surface area contributed by atoms with Gasteiger partial charge in [-0.05, 0) is 62.4 Å². The van der Waals surface area contributed by atoms with Crippen LogP contribution < -0.4 is 10.4 Å². The highest BCUT2D eigenvalue weighted by Gasteiger charge is 2.28. The lowest BCUT2D eigenvalue weighted by Gasteiger charge is -2.44. The van der Waals surface area contributed by atoms with Crippen molar-refractivity contribution in [3.8, 4) is 11.8 Å². The number of hydrogen-bond donors (Lipinski definition) is 2. The molecule has 2 atom stereocenters. The monoisotopic (exact) mass is 564 g/mol. The van der Waals surface area contributed by atoms with E-state index in [1.165, 1.54) is 7.11 Å². The first-order valence-corrected chi connectivity index (χ1v) is 13.7. The second kappa shape index (κ2) is 13.0. The van der Waals surface area contributed by atoms with Gasteiger partial charge in [0.2, 0.25) is 0 Å². The molecule has 1 amide bonds. The Bertz CT molecular complexity index is 1480. The van der Waals surface area contributed by atoms with Crippen LogP contribution in [0.5, 0.6) is 0 Å². The van der Waals surface area contributed by atoms with E-state index in [0.29, 0.717) is 42.6 Å². The summed E-state index contributed by atoms with van der Waals surface area (Å²) in [6.07, 6.45) is -0.267. The van der Waals surface area contributed by atoms with E-state index < -0.39 is 23.3 Å². The van der Waals surface area contributed by atoms with Gasteiger partial charge in [0.05, 0.1) is 24.6 Å². The van der Waals surface area contributed by atoms with Crippen molar-refractivity contribution < 1.29 is 28.3 Å². The summed E-state index contributed by atoms with van der Waals surface area (Å²) in [7, 11) is 1.38. The summed E-state index contributed by atoms with van der Waals surface area (Å²) < 4.78 is 24.7. The van der Waals surface area contributed by atoms with E-state index >= 15 is 0 Å². The van der Waals surface area contributed by atoms with Gasteiger partial charge in [0.25, 0.3) is 5.91 Å². The average molecular weight is 565 g/mol. The number of carboxylic acids is 1. The molecule has 2 aromatic carbocycles. The topological polar surface area (TPSA) is 138 Å². The van der Waals surface area contributed by atoms with Gasteiger partial charge in [-0.2, -0.15) is 4.41 Å². The molecule has 40 heavy (non-hydrogen) atoms. The second-order valence-corrected chi connectivity index (χ2v) is 10.2.